The molecule has 0 radical (unpaired) electrons. The summed E-state index contributed by atoms with van der Waals surface area (Å²) < 4.78 is 4.94. The van der Waals surface area contributed by atoms with Crippen molar-refractivity contribution >= 4 is 5.97 Å². The average molecular weight is 241 g/mol. The van der Waals surface area contributed by atoms with Crippen LogP contribution in [0, 0.1) is 0 Å². The molecule has 2 rings (SSSR count). The summed E-state index contributed by atoms with van der Waals surface area (Å²) in [6, 6.07) is 4.56. The number of rotatable bonds is 3. The molecule has 17 heavy (non-hydrogen) atoms. The number of hydrogen-bond acceptors (Lipinski definition) is 5. The van der Waals surface area contributed by atoms with Crippen LogP contribution < -0.4 is 39.4 Å². The van der Waals surface area contributed by atoms with Gasteiger partial charge in [0.1, 0.15) is 5.75 Å². The van der Waals surface area contributed by atoms with Gasteiger partial charge in [-0.25, -0.2) is 0 Å². The van der Waals surface area contributed by atoms with Crippen LogP contribution in [-0.2, 0) is 0 Å². The van der Waals surface area contributed by atoms with E-state index in [-0.39, 0.29) is 35.1 Å². The summed E-state index contributed by atoms with van der Waals surface area (Å²) in [5.74, 6) is -0.860. The topological polar surface area (TPSA) is 80.1 Å². The molecular weight excluding hydrogens is 233 g/mol. The molecule has 0 amide bonds. The second kappa shape index (κ2) is 5.81. The minimum Gasteiger partial charge on any atom is -0.545 e. The standard InChI is InChI=1S/C10H9N3O3.Na/c1-16-7-2-3-9(8(6-7)10(14)15)13-11-4-5-12-13;/h2-6H,1H3,(H,14,15);/q;+1/p-1. The van der Waals surface area contributed by atoms with Crippen molar-refractivity contribution in [3.63, 3.8) is 0 Å². The van der Waals surface area contributed by atoms with Crippen molar-refractivity contribution in [1.29, 1.82) is 0 Å². The van der Waals surface area contributed by atoms with Gasteiger partial charge in [0, 0.05) is 5.56 Å². The number of methoxy groups -OCH3 is 1. The Bertz CT molecular complexity index is 514. The Hall–Kier alpha value is -1.37. The van der Waals surface area contributed by atoms with Crippen molar-refractivity contribution in [1.82, 2.24) is 15.0 Å². The number of aromatic nitrogens is 3. The molecule has 0 saturated heterocycles. The van der Waals surface area contributed by atoms with Gasteiger partial charge in [0.2, 0.25) is 0 Å². The molecule has 0 spiro atoms. The quantitative estimate of drug-likeness (QED) is 0.524. The van der Waals surface area contributed by atoms with Crippen LogP contribution in [0.2, 0.25) is 0 Å². The molecule has 0 fully saturated rings. The van der Waals surface area contributed by atoms with Crippen molar-refractivity contribution in [2.45, 2.75) is 0 Å². The molecule has 1 aromatic heterocycles. The first-order valence-corrected chi connectivity index (χ1v) is 4.48. The zero-order valence-electron chi connectivity index (χ0n) is 9.45. The van der Waals surface area contributed by atoms with Gasteiger partial charge in [0.05, 0.1) is 31.2 Å². The van der Waals surface area contributed by atoms with E-state index in [1.807, 2.05) is 0 Å². The van der Waals surface area contributed by atoms with Crippen molar-refractivity contribution in [3.8, 4) is 11.4 Å². The molecule has 0 aliphatic heterocycles. The number of carboxylic acid groups (broad SMARTS) is 1. The fourth-order valence-corrected chi connectivity index (χ4v) is 1.32. The molecule has 7 heteroatoms. The van der Waals surface area contributed by atoms with Gasteiger partial charge in [-0.3, -0.25) is 0 Å². The van der Waals surface area contributed by atoms with E-state index in [4.69, 9.17) is 4.74 Å². The van der Waals surface area contributed by atoms with Gasteiger partial charge in [0.25, 0.3) is 0 Å². The Morgan fingerprint density at radius 2 is 2.00 bits per heavy atom. The summed E-state index contributed by atoms with van der Waals surface area (Å²) >= 11 is 0. The molecule has 6 nitrogen and oxygen atoms in total. The Morgan fingerprint density at radius 1 is 1.35 bits per heavy atom. The number of benzene rings is 1. The minimum absolute atomic E-state index is 0. The molecular formula is C10H8N3NaO3. The number of aromatic carboxylic acids is 1. The Balaban J connectivity index is 0.00000144. The number of carboxylic acids is 1. The first kappa shape index (κ1) is 13.7. The SMILES string of the molecule is COc1ccc(-n2nccn2)c(C(=O)[O-])c1.[Na+]. The van der Waals surface area contributed by atoms with Crippen LogP contribution in [0.25, 0.3) is 5.69 Å². The van der Waals surface area contributed by atoms with E-state index in [1.165, 1.54) is 30.4 Å². The summed E-state index contributed by atoms with van der Waals surface area (Å²) in [7, 11) is 1.46. The normalized spacial score (nSPS) is 9.47. The van der Waals surface area contributed by atoms with Crippen LogP contribution >= 0.6 is 0 Å². The number of carbonyl (C=O) groups is 1. The van der Waals surface area contributed by atoms with E-state index in [9.17, 15) is 9.90 Å². The van der Waals surface area contributed by atoms with Crippen LogP contribution in [0.15, 0.2) is 30.6 Å². The summed E-state index contributed by atoms with van der Waals surface area (Å²) in [6.07, 6.45) is 2.92. The molecule has 0 bridgehead atoms. The fraction of sp³-hybridized carbons (Fsp3) is 0.100. The van der Waals surface area contributed by atoms with Gasteiger partial charge in [0.15, 0.2) is 0 Å². The predicted octanol–water partition coefficient (Wildman–Crippen LogP) is -3.36. The van der Waals surface area contributed by atoms with Gasteiger partial charge in [-0.15, -0.1) is 0 Å². The van der Waals surface area contributed by atoms with E-state index >= 15 is 0 Å². The minimum atomic E-state index is -1.30. The molecule has 0 atom stereocenters. The zero-order chi connectivity index (χ0) is 11.5. The second-order valence-electron chi connectivity index (χ2n) is 2.99. The predicted molar refractivity (Wildman–Crippen MR) is 52.2 cm³/mol. The average Bonchev–Trinajstić information content (AvgIpc) is 2.81. The van der Waals surface area contributed by atoms with Crippen LogP contribution in [-0.4, -0.2) is 28.1 Å². The van der Waals surface area contributed by atoms with Crippen molar-refractivity contribution in [3.05, 3.63) is 36.2 Å². The first-order chi connectivity index (χ1) is 7.72. The van der Waals surface area contributed by atoms with Crippen molar-refractivity contribution in [2.24, 2.45) is 0 Å². The molecule has 82 valence electrons. The molecule has 1 heterocycles. The maximum Gasteiger partial charge on any atom is 1.00 e. The monoisotopic (exact) mass is 241 g/mol. The van der Waals surface area contributed by atoms with E-state index in [2.05, 4.69) is 10.2 Å². The van der Waals surface area contributed by atoms with E-state index < -0.39 is 5.97 Å². The van der Waals surface area contributed by atoms with Crippen molar-refractivity contribution < 1.29 is 44.2 Å². The van der Waals surface area contributed by atoms with E-state index in [0.29, 0.717) is 11.4 Å². The van der Waals surface area contributed by atoms with E-state index in [0.717, 1.165) is 0 Å². The molecule has 0 aliphatic rings. The molecule has 0 saturated carbocycles. The van der Waals surface area contributed by atoms with Crippen molar-refractivity contribution in [2.75, 3.05) is 7.11 Å². The third-order valence-corrected chi connectivity index (χ3v) is 2.06. The summed E-state index contributed by atoms with van der Waals surface area (Å²) in [6.45, 7) is 0. The molecule has 0 aliphatic carbocycles. The Kier molecular flexibility index (Phi) is 4.68. The molecule has 1 aromatic carbocycles. The summed E-state index contributed by atoms with van der Waals surface area (Å²) in [4.78, 5) is 12.2. The van der Waals surface area contributed by atoms with Gasteiger partial charge in [-0.2, -0.15) is 15.0 Å². The number of nitrogens with zero attached hydrogens (tertiary/aromatic N) is 3. The second-order valence-corrected chi connectivity index (χ2v) is 2.99. The molecule has 0 unspecified atom stereocenters. The molecule has 0 N–H and O–H groups in total. The number of ether oxygens (including phenoxy) is 1. The zero-order valence-corrected chi connectivity index (χ0v) is 11.5. The Labute approximate surface area is 119 Å². The fourth-order valence-electron chi connectivity index (χ4n) is 1.32. The van der Waals surface area contributed by atoms with Crippen LogP contribution in [0.4, 0.5) is 0 Å². The van der Waals surface area contributed by atoms with Gasteiger partial charge in [-0.05, 0) is 18.2 Å². The van der Waals surface area contributed by atoms with Crippen LogP contribution in [0.5, 0.6) is 5.75 Å². The molecule has 2 aromatic rings. The number of carbonyl (C=O) groups excluding carboxylic acids is 1. The first-order valence-electron chi connectivity index (χ1n) is 4.48. The third-order valence-electron chi connectivity index (χ3n) is 2.06. The van der Waals surface area contributed by atoms with Gasteiger partial charge in [-0.1, -0.05) is 0 Å². The maximum atomic E-state index is 10.9. The van der Waals surface area contributed by atoms with E-state index in [1.54, 1.807) is 12.1 Å². The largest absolute Gasteiger partial charge is 1.00 e. The van der Waals surface area contributed by atoms with Gasteiger partial charge >= 0.3 is 29.6 Å². The van der Waals surface area contributed by atoms with Crippen LogP contribution in [0.3, 0.4) is 0 Å². The third kappa shape index (κ3) is 2.85. The maximum absolute atomic E-state index is 10.9. The van der Waals surface area contributed by atoms with Crippen LogP contribution in [0.1, 0.15) is 10.4 Å². The summed E-state index contributed by atoms with van der Waals surface area (Å²) in [5, 5.41) is 18.7. The smallest absolute Gasteiger partial charge is 0.545 e. The summed E-state index contributed by atoms with van der Waals surface area (Å²) in [5.41, 5.74) is 0.321. The Morgan fingerprint density at radius 3 is 2.53 bits per heavy atom. The number of hydrogen-bond donors (Lipinski definition) is 0. The van der Waals surface area contributed by atoms with Gasteiger partial charge < -0.3 is 14.6 Å².